The summed E-state index contributed by atoms with van der Waals surface area (Å²) >= 11 is 6.53. The van der Waals surface area contributed by atoms with E-state index in [1.165, 1.54) is 11.1 Å². The summed E-state index contributed by atoms with van der Waals surface area (Å²) in [7, 11) is 0. The lowest BCUT2D eigenvalue weighted by Gasteiger charge is -2.28. The van der Waals surface area contributed by atoms with Crippen LogP contribution in [0, 0.1) is 0 Å². The highest BCUT2D eigenvalue weighted by Gasteiger charge is 2.28. The third-order valence-corrected chi connectivity index (χ3v) is 5.80. The Bertz CT molecular complexity index is 1160. The van der Waals surface area contributed by atoms with Gasteiger partial charge in [-0.2, -0.15) is 0 Å². The van der Waals surface area contributed by atoms with Gasteiger partial charge in [-0.05, 0) is 34.7 Å². The van der Waals surface area contributed by atoms with Gasteiger partial charge in [0.05, 0.1) is 5.69 Å². The van der Waals surface area contributed by atoms with Gasteiger partial charge in [-0.1, -0.05) is 84.4 Å². The molecule has 142 valence electrons. The van der Waals surface area contributed by atoms with Crippen LogP contribution in [0.4, 0.5) is 5.95 Å². The van der Waals surface area contributed by atoms with E-state index in [1.807, 2.05) is 42.6 Å². The third-order valence-electron chi connectivity index (χ3n) is 5.45. The molecule has 1 atom stereocenters. The Labute approximate surface area is 175 Å². The van der Waals surface area contributed by atoms with E-state index in [4.69, 9.17) is 16.6 Å². The summed E-state index contributed by atoms with van der Waals surface area (Å²) in [4.78, 5) is 9.44. The van der Waals surface area contributed by atoms with Crippen LogP contribution in [-0.2, 0) is 13.0 Å². The molecule has 4 heteroatoms. The van der Waals surface area contributed by atoms with Gasteiger partial charge < -0.3 is 5.32 Å². The van der Waals surface area contributed by atoms with E-state index in [0.29, 0.717) is 12.5 Å². The fourth-order valence-corrected chi connectivity index (χ4v) is 4.30. The number of hydrogen-bond acceptors (Lipinski definition) is 3. The highest BCUT2D eigenvalue weighted by molar-refractivity contribution is 6.31. The largest absolute Gasteiger partial charge is 0.350 e. The van der Waals surface area contributed by atoms with E-state index in [-0.39, 0.29) is 5.92 Å². The molecule has 1 aromatic heterocycles. The van der Waals surface area contributed by atoms with Crippen LogP contribution in [0.2, 0.25) is 5.02 Å². The number of aromatic nitrogens is 2. The van der Waals surface area contributed by atoms with Gasteiger partial charge >= 0.3 is 0 Å². The smallest absolute Gasteiger partial charge is 0.223 e. The van der Waals surface area contributed by atoms with Crippen LogP contribution < -0.4 is 5.32 Å². The minimum atomic E-state index is 0.208. The van der Waals surface area contributed by atoms with Gasteiger partial charge in [0, 0.05) is 29.2 Å². The molecule has 1 heterocycles. The lowest BCUT2D eigenvalue weighted by atomic mass is 9.78. The molecule has 0 saturated heterocycles. The van der Waals surface area contributed by atoms with Gasteiger partial charge in [-0.25, -0.2) is 9.97 Å². The summed E-state index contributed by atoms with van der Waals surface area (Å²) in [6, 6.07) is 26.9. The first-order valence-corrected chi connectivity index (χ1v) is 10.1. The van der Waals surface area contributed by atoms with E-state index < -0.39 is 0 Å². The molecular formula is C25H20ClN3. The number of benzene rings is 3. The molecule has 1 unspecified atom stereocenters. The molecule has 4 aromatic rings. The molecule has 1 aliphatic carbocycles. The normalized spacial score (nSPS) is 14.7. The zero-order chi connectivity index (χ0) is 19.6. The van der Waals surface area contributed by atoms with E-state index in [1.54, 1.807) is 0 Å². The predicted molar refractivity (Wildman–Crippen MR) is 118 cm³/mol. The van der Waals surface area contributed by atoms with Crippen LogP contribution in [0.15, 0.2) is 85.1 Å². The quantitative estimate of drug-likeness (QED) is 0.452. The number of hydrogen-bond donors (Lipinski definition) is 1. The van der Waals surface area contributed by atoms with E-state index in [0.717, 1.165) is 33.8 Å². The predicted octanol–water partition coefficient (Wildman–Crippen LogP) is 6.10. The molecule has 1 aliphatic rings. The minimum Gasteiger partial charge on any atom is -0.350 e. The number of nitrogens with zero attached hydrogens (tertiary/aromatic N) is 2. The monoisotopic (exact) mass is 397 g/mol. The van der Waals surface area contributed by atoms with Gasteiger partial charge in [-0.3, -0.25) is 0 Å². The Kier molecular flexibility index (Phi) is 4.74. The lowest BCUT2D eigenvalue weighted by molar-refractivity contribution is 0.782. The van der Waals surface area contributed by atoms with Crippen LogP contribution in [0.25, 0.3) is 11.3 Å². The fraction of sp³-hybridized carbons (Fsp3) is 0.120. The average Bonchev–Trinajstić information content (AvgIpc) is 2.78. The Morgan fingerprint density at radius 1 is 0.862 bits per heavy atom. The maximum atomic E-state index is 6.53. The molecule has 1 N–H and O–H groups in total. The number of anilines is 1. The summed E-state index contributed by atoms with van der Waals surface area (Å²) in [6.07, 6.45) is 2.80. The molecule has 0 amide bonds. The van der Waals surface area contributed by atoms with Crippen molar-refractivity contribution in [3.8, 4) is 11.3 Å². The molecule has 3 aromatic carbocycles. The number of nitrogens with one attached hydrogen (secondary N) is 1. The SMILES string of the molecule is Clc1ccccc1C1Cc2cnc(NCc3ccccc3)nc2-c2ccccc21. The second-order valence-electron chi connectivity index (χ2n) is 7.27. The fourth-order valence-electron chi connectivity index (χ4n) is 4.03. The van der Waals surface area contributed by atoms with E-state index in [9.17, 15) is 0 Å². The zero-order valence-corrected chi connectivity index (χ0v) is 16.6. The minimum absolute atomic E-state index is 0.208. The van der Waals surface area contributed by atoms with Crippen molar-refractivity contribution in [3.63, 3.8) is 0 Å². The Morgan fingerprint density at radius 3 is 2.41 bits per heavy atom. The van der Waals surface area contributed by atoms with Crippen molar-refractivity contribution in [2.75, 3.05) is 5.32 Å². The summed E-state index contributed by atoms with van der Waals surface area (Å²) in [6.45, 7) is 0.698. The van der Waals surface area contributed by atoms with Crippen molar-refractivity contribution in [2.45, 2.75) is 18.9 Å². The number of halogens is 1. The second-order valence-corrected chi connectivity index (χ2v) is 7.68. The van der Waals surface area contributed by atoms with Crippen molar-refractivity contribution in [2.24, 2.45) is 0 Å². The van der Waals surface area contributed by atoms with Crippen LogP contribution in [-0.4, -0.2) is 9.97 Å². The summed E-state index contributed by atoms with van der Waals surface area (Å²) in [5.41, 5.74) is 6.93. The maximum Gasteiger partial charge on any atom is 0.223 e. The first kappa shape index (κ1) is 17.9. The van der Waals surface area contributed by atoms with Crippen LogP contribution in [0.1, 0.15) is 28.2 Å². The molecule has 0 radical (unpaired) electrons. The van der Waals surface area contributed by atoms with E-state index >= 15 is 0 Å². The topological polar surface area (TPSA) is 37.8 Å². The summed E-state index contributed by atoms with van der Waals surface area (Å²) < 4.78 is 0. The standard InChI is InChI=1S/C25H20ClN3/c26-23-13-7-6-11-20(23)22-14-18-16-28-25(27-15-17-8-2-1-3-9-17)29-24(18)21-12-5-4-10-19(21)22/h1-13,16,22H,14-15H2,(H,27,28,29). The highest BCUT2D eigenvalue weighted by atomic mass is 35.5. The van der Waals surface area contributed by atoms with Gasteiger partial charge in [0.25, 0.3) is 0 Å². The van der Waals surface area contributed by atoms with E-state index in [2.05, 4.69) is 52.8 Å². The Hall–Kier alpha value is -3.17. The number of fused-ring (bicyclic) bond motifs is 3. The van der Waals surface area contributed by atoms with Gasteiger partial charge in [0.2, 0.25) is 5.95 Å². The summed E-state index contributed by atoms with van der Waals surface area (Å²) in [5.74, 6) is 0.859. The molecule has 0 aliphatic heterocycles. The van der Waals surface area contributed by atoms with Crippen LogP contribution >= 0.6 is 11.6 Å². The van der Waals surface area contributed by atoms with Crippen molar-refractivity contribution < 1.29 is 0 Å². The second kappa shape index (κ2) is 7.69. The molecular weight excluding hydrogens is 378 g/mol. The molecule has 3 nitrogen and oxygen atoms in total. The Balaban J connectivity index is 1.50. The highest BCUT2D eigenvalue weighted by Crippen LogP contribution is 2.43. The average molecular weight is 398 g/mol. The molecule has 29 heavy (non-hydrogen) atoms. The Morgan fingerprint density at radius 2 is 1.59 bits per heavy atom. The molecule has 0 spiro atoms. The number of rotatable bonds is 4. The molecule has 0 bridgehead atoms. The van der Waals surface area contributed by atoms with Crippen molar-refractivity contribution >= 4 is 17.5 Å². The van der Waals surface area contributed by atoms with Crippen molar-refractivity contribution in [3.05, 3.63) is 112 Å². The molecule has 0 saturated carbocycles. The zero-order valence-electron chi connectivity index (χ0n) is 15.8. The van der Waals surface area contributed by atoms with Crippen molar-refractivity contribution in [1.82, 2.24) is 9.97 Å². The molecule has 5 rings (SSSR count). The first-order chi connectivity index (χ1) is 14.3. The van der Waals surface area contributed by atoms with Crippen molar-refractivity contribution in [1.29, 1.82) is 0 Å². The van der Waals surface area contributed by atoms with Gasteiger partial charge in [-0.15, -0.1) is 0 Å². The van der Waals surface area contributed by atoms with Gasteiger partial charge in [0.1, 0.15) is 0 Å². The first-order valence-electron chi connectivity index (χ1n) is 9.77. The van der Waals surface area contributed by atoms with Crippen LogP contribution in [0.3, 0.4) is 0 Å². The third kappa shape index (κ3) is 3.50. The van der Waals surface area contributed by atoms with Crippen LogP contribution in [0.5, 0.6) is 0 Å². The maximum absolute atomic E-state index is 6.53. The van der Waals surface area contributed by atoms with Gasteiger partial charge in [0.15, 0.2) is 0 Å². The summed E-state index contributed by atoms with van der Waals surface area (Å²) in [5, 5.41) is 4.15. The molecule has 0 fully saturated rings. The lowest BCUT2D eigenvalue weighted by Crippen LogP contribution is -2.15.